The molecule has 1 aliphatic heterocycles. The number of aryl methyl sites for hydroxylation is 1. The number of aliphatic hydroxyl groups is 1. The second kappa shape index (κ2) is 5.68. The monoisotopic (exact) mass is 367 g/mol. The number of halogens is 1. The fraction of sp³-hybridized carbons (Fsp3) is 0.800. The van der Waals surface area contributed by atoms with Crippen LogP contribution in [0.3, 0.4) is 0 Å². The first-order valence-corrected chi connectivity index (χ1v) is 8.36. The molecule has 8 nitrogen and oxygen atoms in total. The number of β-amino-alcohol motifs (C(OH)–C–C–N with tert-alkyl or cyclic N) is 1. The van der Waals surface area contributed by atoms with Crippen LogP contribution in [0.5, 0.6) is 0 Å². The van der Waals surface area contributed by atoms with Crippen molar-refractivity contribution >= 4 is 26.0 Å². The fourth-order valence-electron chi connectivity index (χ4n) is 2.45. The predicted molar refractivity (Wildman–Crippen MR) is 75.6 cm³/mol. The largest absolute Gasteiger partial charge is 0.392 e. The van der Waals surface area contributed by atoms with Gasteiger partial charge < -0.3 is 10.0 Å². The van der Waals surface area contributed by atoms with Crippen LogP contribution in [0.25, 0.3) is 0 Å². The standard InChI is InChI=1S/C10H18BrN5O3S/c1-14(2)5-7-4-8(17)6-16(7)20(18,19)10-9(11)12-13-15(10)3/h7-8,17H,4-6H2,1-3H3. The van der Waals surface area contributed by atoms with Crippen LogP contribution in [0.15, 0.2) is 9.63 Å². The average molecular weight is 368 g/mol. The third-order valence-electron chi connectivity index (χ3n) is 3.21. The number of rotatable bonds is 4. The Morgan fingerprint density at radius 3 is 2.65 bits per heavy atom. The summed E-state index contributed by atoms with van der Waals surface area (Å²) in [6, 6.07) is -0.258. The van der Waals surface area contributed by atoms with E-state index in [2.05, 4.69) is 26.2 Å². The minimum Gasteiger partial charge on any atom is -0.392 e. The van der Waals surface area contributed by atoms with E-state index >= 15 is 0 Å². The molecule has 2 heterocycles. The summed E-state index contributed by atoms with van der Waals surface area (Å²) in [4.78, 5) is 1.90. The van der Waals surface area contributed by atoms with Crippen molar-refractivity contribution in [2.75, 3.05) is 27.2 Å². The SMILES string of the molecule is CN(C)CC1CC(O)CN1S(=O)(=O)c1c(Br)nnn1C. The van der Waals surface area contributed by atoms with Gasteiger partial charge in [-0.15, -0.1) is 5.10 Å². The normalized spacial score (nSPS) is 24.7. The number of aromatic nitrogens is 3. The molecule has 1 N–H and O–H groups in total. The Balaban J connectivity index is 2.37. The molecule has 1 fully saturated rings. The summed E-state index contributed by atoms with van der Waals surface area (Å²) in [6.45, 7) is 0.650. The van der Waals surface area contributed by atoms with E-state index in [0.29, 0.717) is 13.0 Å². The van der Waals surface area contributed by atoms with Gasteiger partial charge in [0.05, 0.1) is 6.10 Å². The Morgan fingerprint density at radius 2 is 2.15 bits per heavy atom. The van der Waals surface area contributed by atoms with Gasteiger partial charge in [0.1, 0.15) is 0 Å². The Kier molecular flexibility index (Phi) is 4.50. The zero-order valence-electron chi connectivity index (χ0n) is 11.6. The lowest BCUT2D eigenvalue weighted by Gasteiger charge is -2.25. The zero-order valence-corrected chi connectivity index (χ0v) is 14.0. The number of sulfonamides is 1. The molecule has 0 aromatic carbocycles. The molecule has 1 aromatic heterocycles. The molecular formula is C10H18BrN5O3S. The van der Waals surface area contributed by atoms with Gasteiger partial charge in [-0.2, -0.15) is 4.31 Å². The summed E-state index contributed by atoms with van der Waals surface area (Å²) in [7, 11) is 1.52. The molecule has 2 unspecified atom stereocenters. The van der Waals surface area contributed by atoms with Gasteiger partial charge in [0, 0.05) is 26.2 Å². The highest BCUT2D eigenvalue weighted by atomic mass is 79.9. The van der Waals surface area contributed by atoms with Gasteiger partial charge in [-0.3, -0.25) is 0 Å². The Bertz CT molecular complexity index is 568. The summed E-state index contributed by atoms with van der Waals surface area (Å²) in [5.74, 6) is 0. The van der Waals surface area contributed by atoms with Crippen molar-refractivity contribution in [1.29, 1.82) is 0 Å². The summed E-state index contributed by atoms with van der Waals surface area (Å²) in [5.41, 5.74) is 0. The van der Waals surface area contributed by atoms with E-state index in [0.717, 1.165) is 0 Å². The van der Waals surface area contributed by atoms with Crippen molar-refractivity contribution in [2.24, 2.45) is 7.05 Å². The van der Waals surface area contributed by atoms with E-state index in [4.69, 9.17) is 0 Å². The van der Waals surface area contributed by atoms with E-state index in [9.17, 15) is 13.5 Å². The molecule has 2 rings (SSSR count). The van der Waals surface area contributed by atoms with Crippen molar-refractivity contribution < 1.29 is 13.5 Å². The molecule has 0 amide bonds. The van der Waals surface area contributed by atoms with Gasteiger partial charge in [0.25, 0.3) is 10.0 Å². The molecule has 0 aliphatic carbocycles. The molecule has 2 atom stereocenters. The number of hydrogen-bond donors (Lipinski definition) is 1. The Labute approximate surface area is 126 Å². The molecule has 0 radical (unpaired) electrons. The van der Waals surface area contributed by atoms with Gasteiger partial charge in [-0.05, 0) is 36.4 Å². The summed E-state index contributed by atoms with van der Waals surface area (Å²) in [6.07, 6.45) is -0.213. The summed E-state index contributed by atoms with van der Waals surface area (Å²) < 4.78 is 28.2. The summed E-state index contributed by atoms with van der Waals surface area (Å²) in [5, 5.41) is 17.2. The predicted octanol–water partition coefficient (Wildman–Crippen LogP) is -0.737. The molecule has 0 spiro atoms. The number of nitrogens with zero attached hydrogens (tertiary/aromatic N) is 5. The molecule has 1 aromatic rings. The van der Waals surface area contributed by atoms with E-state index in [1.807, 2.05) is 19.0 Å². The third kappa shape index (κ3) is 2.89. The number of likely N-dealkylation sites (N-methyl/N-ethyl adjacent to an activating group) is 1. The van der Waals surface area contributed by atoms with E-state index < -0.39 is 16.1 Å². The molecule has 10 heteroatoms. The first-order chi connectivity index (χ1) is 9.23. The fourth-order valence-corrected chi connectivity index (χ4v) is 5.15. The average Bonchev–Trinajstić information content (AvgIpc) is 2.82. The lowest BCUT2D eigenvalue weighted by molar-refractivity contribution is 0.188. The highest BCUT2D eigenvalue weighted by Crippen LogP contribution is 2.29. The van der Waals surface area contributed by atoms with E-state index in [1.165, 1.54) is 16.0 Å². The molecule has 1 aliphatic rings. The van der Waals surface area contributed by atoms with Gasteiger partial charge >= 0.3 is 0 Å². The Hall–Kier alpha value is -0.550. The lowest BCUT2D eigenvalue weighted by Crippen LogP contribution is -2.42. The maximum Gasteiger partial charge on any atom is 0.263 e. The van der Waals surface area contributed by atoms with Crippen LogP contribution in [0.4, 0.5) is 0 Å². The Morgan fingerprint density at radius 1 is 1.50 bits per heavy atom. The third-order valence-corrected chi connectivity index (χ3v) is 6.02. The number of hydrogen-bond acceptors (Lipinski definition) is 6. The van der Waals surface area contributed by atoms with Crippen molar-refractivity contribution in [1.82, 2.24) is 24.2 Å². The second-order valence-electron chi connectivity index (χ2n) is 5.19. The number of aliphatic hydroxyl groups excluding tert-OH is 1. The van der Waals surface area contributed by atoms with Gasteiger partial charge in [0.2, 0.25) is 5.03 Å². The van der Waals surface area contributed by atoms with Crippen LogP contribution < -0.4 is 0 Å². The first kappa shape index (κ1) is 15.8. The topological polar surface area (TPSA) is 91.6 Å². The minimum atomic E-state index is -3.75. The van der Waals surface area contributed by atoms with E-state index in [1.54, 1.807) is 0 Å². The first-order valence-electron chi connectivity index (χ1n) is 6.13. The smallest absolute Gasteiger partial charge is 0.263 e. The van der Waals surface area contributed by atoms with Crippen LogP contribution in [-0.4, -0.2) is 77.1 Å². The van der Waals surface area contributed by atoms with Crippen molar-refractivity contribution in [3.8, 4) is 0 Å². The minimum absolute atomic E-state index is 0.00959. The van der Waals surface area contributed by atoms with Crippen LogP contribution in [0.1, 0.15) is 6.42 Å². The highest BCUT2D eigenvalue weighted by molar-refractivity contribution is 9.10. The van der Waals surface area contributed by atoms with Gasteiger partial charge in [-0.25, -0.2) is 13.1 Å². The van der Waals surface area contributed by atoms with Crippen LogP contribution in [-0.2, 0) is 17.1 Å². The van der Waals surface area contributed by atoms with Gasteiger partial charge in [0.15, 0.2) is 4.60 Å². The second-order valence-corrected chi connectivity index (χ2v) is 7.75. The molecule has 0 bridgehead atoms. The van der Waals surface area contributed by atoms with Gasteiger partial charge in [-0.1, -0.05) is 5.21 Å². The highest BCUT2D eigenvalue weighted by Gasteiger charge is 2.42. The molecule has 0 saturated carbocycles. The maximum atomic E-state index is 12.7. The quantitative estimate of drug-likeness (QED) is 0.753. The lowest BCUT2D eigenvalue weighted by atomic mass is 10.2. The maximum absolute atomic E-state index is 12.7. The molecule has 20 heavy (non-hydrogen) atoms. The van der Waals surface area contributed by atoms with E-state index in [-0.39, 0.29) is 22.2 Å². The molecule has 114 valence electrons. The van der Waals surface area contributed by atoms with Crippen LogP contribution in [0.2, 0.25) is 0 Å². The van der Waals surface area contributed by atoms with Crippen LogP contribution >= 0.6 is 15.9 Å². The van der Waals surface area contributed by atoms with Crippen molar-refractivity contribution in [3.63, 3.8) is 0 Å². The van der Waals surface area contributed by atoms with Crippen LogP contribution in [0, 0.1) is 0 Å². The van der Waals surface area contributed by atoms with Crippen molar-refractivity contribution in [2.45, 2.75) is 23.6 Å². The zero-order chi connectivity index (χ0) is 15.1. The van der Waals surface area contributed by atoms with Crippen molar-refractivity contribution in [3.05, 3.63) is 4.60 Å². The molecule has 1 saturated heterocycles. The molecular weight excluding hydrogens is 350 g/mol. The summed E-state index contributed by atoms with van der Waals surface area (Å²) >= 11 is 3.11.